The number of benzene rings is 2. The number of hydrogen-bond donors (Lipinski definition) is 1. The Hall–Kier alpha value is -3.31. The first kappa shape index (κ1) is 27.3. The summed E-state index contributed by atoms with van der Waals surface area (Å²) >= 11 is 4.14. The smallest absolute Gasteiger partial charge is 0.343 e. The molecule has 0 radical (unpaired) electrons. The van der Waals surface area contributed by atoms with E-state index in [0.29, 0.717) is 33.8 Å². The minimum atomic E-state index is -0.568. The van der Waals surface area contributed by atoms with Gasteiger partial charge in [0.2, 0.25) is 5.91 Å². The molecule has 2 aromatic rings. The summed E-state index contributed by atoms with van der Waals surface area (Å²) in [6.07, 6.45) is 2.41. The van der Waals surface area contributed by atoms with Crippen LogP contribution in [-0.4, -0.2) is 54.8 Å². The maximum Gasteiger partial charge on any atom is 0.343 e. The Morgan fingerprint density at radius 3 is 2.47 bits per heavy atom. The molecule has 0 atom stereocenters. The first-order valence-corrected chi connectivity index (χ1v) is 12.7. The lowest BCUT2D eigenvalue weighted by atomic mass is 10.1. The highest BCUT2D eigenvalue weighted by Gasteiger charge is 2.36. The van der Waals surface area contributed by atoms with E-state index in [1.165, 1.54) is 13.2 Å². The van der Waals surface area contributed by atoms with Gasteiger partial charge in [0.25, 0.3) is 11.1 Å². The van der Waals surface area contributed by atoms with E-state index in [9.17, 15) is 19.2 Å². The number of imide groups is 1. The maximum absolute atomic E-state index is 12.9. The lowest BCUT2D eigenvalue weighted by molar-refractivity contribution is -0.143. The third-order valence-electron chi connectivity index (χ3n) is 5.01. The van der Waals surface area contributed by atoms with Gasteiger partial charge < -0.3 is 19.5 Å². The number of carbonyl (C=O) groups is 4. The molecule has 1 N–H and O–H groups in total. The molecule has 3 amide bonds. The van der Waals surface area contributed by atoms with Crippen molar-refractivity contribution >= 4 is 62.5 Å². The van der Waals surface area contributed by atoms with E-state index in [-0.39, 0.29) is 11.5 Å². The lowest BCUT2D eigenvalue weighted by Crippen LogP contribution is -2.36. The van der Waals surface area contributed by atoms with E-state index >= 15 is 0 Å². The number of methoxy groups -OCH3 is 1. The molecule has 1 aliphatic heterocycles. The van der Waals surface area contributed by atoms with Crippen molar-refractivity contribution in [1.29, 1.82) is 0 Å². The molecular weight excluding hydrogens is 552 g/mol. The van der Waals surface area contributed by atoms with Crippen LogP contribution in [0.2, 0.25) is 0 Å². The van der Waals surface area contributed by atoms with Gasteiger partial charge in [-0.05, 0) is 82.5 Å². The number of thioether (sulfide) groups is 1. The number of rotatable bonds is 10. The Balaban J connectivity index is 1.74. The van der Waals surface area contributed by atoms with Crippen LogP contribution in [0.4, 0.5) is 10.5 Å². The highest BCUT2D eigenvalue weighted by atomic mass is 79.9. The van der Waals surface area contributed by atoms with Crippen LogP contribution in [0.5, 0.6) is 11.5 Å². The number of esters is 1. The summed E-state index contributed by atoms with van der Waals surface area (Å²) in [6.45, 7) is 3.45. The standard InChI is InChI=1S/C25H25BrN2O7S/c1-4-15-6-8-17(9-7-15)27-21(29)13-28-24(31)20(36-25(28)32)12-16-10-18(26)23(19(11-16)34-5-2)35-14-22(30)33-3/h6-12H,4-5,13-14H2,1-3H3,(H,27,29)/b20-12-. The molecule has 0 aliphatic carbocycles. The molecule has 2 aromatic carbocycles. The van der Waals surface area contributed by atoms with Crippen LogP contribution in [-0.2, 0) is 25.5 Å². The summed E-state index contributed by atoms with van der Waals surface area (Å²) in [5.41, 5.74) is 2.27. The van der Waals surface area contributed by atoms with Crippen LogP contribution in [0.1, 0.15) is 25.0 Å². The lowest BCUT2D eigenvalue weighted by Gasteiger charge is -2.14. The molecule has 0 saturated carbocycles. The Morgan fingerprint density at radius 2 is 1.83 bits per heavy atom. The van der Waals surface area contributed by atoms with E-state index in [1.807, 2.05) is 19.1 Å². The predicted molar refractivity (Wildman–Crippen MR) is 140 cm³/mol. The highest BCUT2D eigenvalue weighted by molar-refractivity contribution is 9.10. The van der Waals surface area contributed by atoms with Crippen LogP contribution in [0, 0.1) is 0 Å². The van der Waals surface area contributed by atoms with Crippen molar-refractivity contribution in [2.45, 2.75) is 20.3 Å². The summed E-state index contributed by atoms with van der Waals surface area (Å²) in [6, 6.07) is 10.6. The molecule has 1 saturated heterocycles. The number of ether oxygens (including phenoxy) is 3. The van der Waals surface area contributed by atoms with Gasteiger partial charge in [0, 0.05) is 5.69 Å². The zero-order valence-electron chi connectivity index (χ0n) is 20.0. The number of carbonyl (C=O) groups excluding carboxylic acids is 4. The molecule has 1 heterocycles. The molecule has 9 nitrogen and oxygen atoms in total. The first-order chi connectivity index (χ1) is 17.2. The number of hydrogen-bond acceptors (Lipinski definition) is 8. The fraction of sp³-hybridized carbons (Fsp3) is 0.280. The largest absolute Gasteiger partial charge is 0.490 e. The highest BCUT2D eigenvalue weighted by Crippen LogP contribution is 2.39. The van der Waals surface area contributed by atoms with Gasteiger partial charge in [-0.25, -0.2) is 4.79 Å². The normalized spacial score (nSPS) is 14.2. The SMILES string of the molecule is CCOc1cc(/C=C2\SC(=O)N(CC(=O)Nc3ccc(CC)cc3)C2=O)cc(Br)c1OCC(=O)OC. The van der Waals surface area contributed by atoms with E-state index in [2.05, 4.69) is 26.0 Å². The third-order valence-corrected chi connectivity index (χ3v) is 6.51. The molecule has 3 rings (SSSR count). The summed E-state index contributed by atoms with van der Waals surface area (Å²) in [4.78, 5) is 50.3. The number of amides is 3. The van der Waals surface area contributed by atoms with E-state index in [4.69, 9.17) is 9.47 Å². The van der Waals surface area contributed by atoms with Crippen LogP contribution >= 0.6 is 27.7 Å². The number of nitrogens with zero attached hydrogens (tertiary/aromatic N) is 1. The second-order valence-corrected chi connectivity index (χ2v) is 9.34. The van der Waals surface area contributed by atoms with Gasteiger partial charge in [-0.1, -0.05) is 19.1 Å². The predicted octanol–water partition coefficient (Wildman–Crippen LogP) is 4.64. The zero-order chi connectivity index (χ0) is 26.2. The molecule has 0 aromatic heterocycles. The fourth-order valence-electron chi connectivity index (χ4n) is 3.22. The quantitative estimate of drug-likeness (QED) is 0.321. The van der Waals surface area contributed by atoms with E-state index in [0.717, 1.165) is 28.6 Å². The number of aryl methyl sites for hydroxylation is 1. The molecule has 0 spiro atoms. The van der Waals surface area contributed by atoms with Gasteiger partial charge in [0.05, 0.1) is 23.1 Å². The van der Waals surface area contributed by atoms with Crippen molar-refractivity contribution in [3.63, 3.8) is 0 Å². The van der Waals surface area contributed by atoms with Crippen molar-refractivity contribution in [2.24, 2.45) is 0 Å². The van der Waals surface area contributed by atoms with Crippen LogP contribution < -0.4 is 14.8 Å². The maximum atomic E-state index is 12.9. The average Bonchev–Trinajstić information content (AvgIpc) is 3.11. The van der Waals surface area contributed by atoms with Gasteiger partial charge in [0.15, 0.2) is 18.1 Å². The van der Waals surface area contributed by atoms with Crippen molar-refractivity contribution in [1.82, 2.24) is 4.90 Å². The first-order valence-electron chi connectivity index (χ1n) is 11.1. The van der Waals surface area contributed by atoms with Crippen molar-refractivity contribution in [2.75, 3.05) is 32.2 Å². The summed E-state index contributed by atoms with van der Waals surface area (Å²) in [5.74, 6) is -0.951. The van der Waals surface area contributed by atoms with Gasteiger partial charge in [-0.15, -0.1) is 0 Å². The minimum absolute atomic E-state index is 0.165. The number of halogens is 1. The second-order valence-electron chi connectivity index (χ2n) is 7.49. The summed E-state index contributed by atoms with van der Waals surface area (Å²) in [7, 11) is 1.26. The molecule has 0 unspecified atom stereocenters. The van der Waals surface area contributed by atoms with Gasteiger partial charge in [-0.3, -0.25) is 19.3 Å². The molecule has 190 valence electrons. The Kier molecular flexibility index (Phi) is 9.54. The average molecular weight is 577 g/mol. The Bertz CT molecular complexity index is 1200. The van der Waals surface area contributed by atoms with Crippen molar-refractivity contribution in [3.8, 4) is 11.5 Å². The third kappa shape index (κ3) is 6.88. The second kappa shape index (κ2) is 12.6. The van der Waals surface area contributed by atoms with Crippen molar-refractivity contribution in [3.05, 3.63) is 56.9 Å². The minimum Gasteiger partial charge on any atom is -0.490 e. The van der Waals surface area contributed by atoms with Gasteiger partial charge in [0.1, 0.15) is 6.54 Å². The topological polar surface area (TPSA) is 111 Å². The number of nitrogens with one attached hydrogen (secondary N) is 1. The van der Waals surface area contributed by atoms with Crippen molar-refractivity contribution < 1.29 is 33.4 Å². The van der Waals surface area contributed by atoms with E-state index < -0.39 is 29.6 Å². The Morgan fingerprint density at radius 1 is 1.11 bits per heavy atom. The summed E-state index contributed by atoms with van der Waals surface area (Å²) < 4.78 is 16.2. The number of anilines is 1. The molecule has 11 heteroatoms. The zero-order valence-corrected chi connectivity index (χ0v) is 22.4. The van der Waals surface area contributed by atoms with Crippen LogP contribution in [0.3, 0.4) is 0 Å². The molecular formula is C25H25BrN2O7S. The van der Waals surface area contributed by atoms with Gasteiger partial charge in [-0.2, -0.15) is 0 Å². The molecule has 1 aliphatic rings. The Labute approximate surface area is 221 Å². The fourth-order valence-corrected chi connectivity index (χ4v) is 4.63. The molecule has 36 heavy (non-hydrogen) atoms. The monoisotopic (exact) mass is 576 g/mol. The summed E-state index contributed by atoms with van der Waals surface area (Å²) in [5, 5.41) is 2.16. The molecule has 0 bridgehead atoms. The van der Waals surface area contributed by atoms with Crippen LogP contribution in [0.15, 0.2) is 45.8 Å². The van der Waals surface area contributed by atoms with Gasteiger partial charge >= 0.3 is 5.97 Å². The molecule has 1 fully saturated rings. The van der Waals surface area contributed by atoms with E-state index in [1.54, 1.807) is 31.2 Å². The van der Waals surface area contributed by atoms with Crippen LogP contribution in [0.25, 0.3) is 6.08 Å².